The Kier molecular flexibility index (Phi) is 6.19. The fourth-order valence-corrected chi connectivity index (χ4v) is 4.78. The van der Waals surface area contributed by atoms with Crippen LogP contribution in [0, 0.1) is 19.8 Å². The van der Waals surface area contributed by atoms with Crippen LogP contribution in [0.5, 0.6) is 0 Å². The Hall–Kier alpha value is -2.20. The van der Waals surface area contributed by atoms with Gasteiger partial charge in [-0.15, -0.1) is 21.5 Å². The number of aromatic amines is 1. The van der Waals surface area contributed by atoms with Crippen LogP contribution >= 0.6 is 23.1 Å². The van der Waals surface area contributed by atoms with Crippen molar-refractivity contribution in [3.8, 4) is 0 Å². The van der Waals surface area contributed by atoms with Gasteiger partial charge in [0.15, 0.2) is 5.16 Å². The normalized spacial score (nSPS) is 11.6. The summed E-state index contributed by atoms with van der Waals surface area (Å²) in [5.74, 6) is 1.88. The summed E-state index contributed by atoms with van der Waals surface area (Å²) < 4.78 is 2.02. The molecule has 0 radical (unpaired) electrons. The summed E-state index contributed by atoms with van der Waals surface area (Å²) in [6.07, 6.45) is 0.702. The third kappa shape index (κ3) is 4.44. The number of carbonyl (C=O) groups excluding carboxylic acids is 1. The monoisotopic (exact) mass is 420 g/mol. The van der Waals surface area contributed by atoms with Crippen LogP contribution in [0.1, 0.15) is 42.4 Å². The van der Waals surface area contributed by atoms with Crippen molar-refractivity contribution in [1.82, 2.24) is 24.7 Å². The van der Waals surface area contributed by atoms with Crippen molar-refractivity contribution in [1.29, 1.82) is 0 Å². The molecule has 8 nitrogen and oxygen atoms in total. The molecule has 28 heavy (non-hydrogen) atoms. The number of nitrogens with zero attached hydrogens (tertiary/aromatic N) is 4. The molecular weight excluding hydrogens is 396 g/mol. The molecule has 150 valence electrons. The lowest BCUT2D eigenvalue weighted by Gasteiger charge is -2.12. The number of primary amides is 1. The van der Waals surface area contributed by atoms with E-state index in [-0.39, 0.29) is 17.9 Å². The number of rotatable bonds is 8. The van der Waals surface area contributed by atoms with Crippen LogP contribution in [0.15, 0.2) is 9.95 Å². The number of fused-ring (bicyclic) bond motifs is 1. The maximum absolute atomic E-state index is 12.4. The van der Waals surface area contributed by atoms with Crippen LogP contribution < -0.4 is 11.3 Å². The lowest BCUT2D eigenvalue weighted by Crippen LogP contribution is -2.15. The van der Waals surface area contributed by atoms with E-state index in [1.807, 2.05) is 18.4 Å². The first-order valence-corrected chi connectivity index (χ1v) is 10.9. The summed E-state index contributed by atoms with van der Waals surface area (Å²) in [5.41, 5.74) is 6.15. The van der Waals surface area contributed by atoms with Crippen molar-refractivity contribution in [2.24, 2.45) is 11.7 Å². The molecule has 3 rings (SSSR count). The van der Waals surface area contributed by atoms with Gasteiger partial charge in [0.25, 0.3) is 5.56 Å². The summed E-state index contributed by atoms with van der Waals surface area (Å²) in [6, 6.07) is 0. The van der Waals surface area contributed by atoms with Gasteiger partial charge in [0, 0.05) is 24.3 Å². The summed E-state index contributed by atoms with van der Waals surface area (Å²) in [4.78, 5) is 32.9. The minimum Gasteiger partial charge on any atom is -0.370 e. The van der Waals surface area contributed by atoms with E-state index in [1.165, 1.54) is 23.1 Å². The predicted molar refractivity (Wildman–Crippen MR) is 112 cm³/mol. The lowest BCUT2D eigenvalue weighted by molar-refractivity contribution is -0.118. The average molecular weight is 421 g/mol. The number of nitrogens with one attached hydrogen (secondary N) is 1. The molecule has 3 aromatic rings. The summed E-state index contributed by atoms with van der Waals surface area (Å²) in [6.45, 7) is 8.91. The molecule has 0 aliphatic heterocycles. The molecule has 3 aromatic heterocycles. The van der Waals surface area contributed by atoms with Gasteiger partial charge in [-0.25, -0.2) is 4.98 Å². The molecule has 0 atom stereocenters. The highest BCUT2D eigenvalue weighted by Gasteiger charge is 2.16. The third-order valence-electron chi connectivity index (χ3n) is 4.36. The minimum absolute atomic E-state index is 0.103. The van der Waals surface area contributed by atoms with Gasteiger partial charge in [0.2, 0.25) is 5.91 Å². The van der Waals surface area contributed by atoms with Gasteiger partial charge in [0.05, 0.1) is 11.1 Å². The number of aryl methyl sites for hydroxylation is 3. The molecule has 0 aliphatic carbocycles. The van der Waals surface area contributed by atoms with Gasteiger partial charge in [-0.3, -0.25) is 9.59 Å². The van der Waals surface area contributed by atoms with Crippen LogP contribution in [0.2, 0.25) is 0 Å². The quantitative estimate of drug-likeness (QED) is 0.541. The van der Waals surface area contributed by atoms with Crippen molar-refractivity contribution in [2.75, 3.05) is 0 Å². The Morgan fingerprint density at radius 1 is 1.32 bits per heavy atom. The van der Waals surface area contributed by atoms with Crippen LogP contribution in [-0.4, -0.2) is 30.6 Å². The lowest BCUT2D eigenvalue weighted by atomic mass is 10.2. The predicted octanol–water partition coefficient (Wildman–Crippen LogP) is 2.56. The van der Waals surface area contributed by atoms with Gasteiger partial charge >= 0.3 is 0 Å². The highest BCUT2D eigenvalue weighted by atomic mass is 32.2. The van der Waals surface area contributed by atoms with E-state index >= 15 is 0 Å². The highest BCUT2D eigenvalue weighted by molar-refractivity contribution is 7.98. The van der Waals surface area contributed by atoms with E-state index in [2.05, 4.69) is 34.0 Å². The first-order valence-electron chi connectivity index (χ1n) is 9.08. The molecule has 3 heterocycles. The Balaban J connectivity index is 1.83. The van der Waals surface area contributed by atoms with Crippen LogP contribution in [-0.2, 0) is 23.5 Å². The van der Waals surface area contributed by atoms with E-state index in [9.17, 15) is 9.59 Å². The first kappa shape index (κ1) is 20.5. The molecule has 1 amide bonds. The number of thioether (sulfide) groups is 1. The second kappa shape index (κ2) is 8.44. The average Bonchev–Trinajstić information content (AvgIpc) is 3.11. The number of H-pyrrole nitrogens is 1. The molecule has 0 spiro atoms. The molecular formula is C18H24N6O2S2. The van der Waals surface area contributed by atoms with Gasteiger partial charge < -0.3 is 15.3 Å². The molecule has 0 saturated carbocycles. The molecule has 0 unspecified atom stereocenters. The maximum atomic E-state index is 12.4. The van der Waals surface area contributed by atoms with Gasteiger partial charge in [-0.05, 0) is 25.3 Å². The van der Waals surface area contributed by atoms with E-state index in [1.54, 1.807) is 0 Å². The smallest absolute Gasteiger partial charge is 0.259 e. The zero-order valence-corrected chi connectivity index (χ0v) is 18.0. The Morgan fingerprint density at radius 2 is 2.07 bits per heavy atom. The second-order valence-corrected chi connectivity index (χ2v) is 9.28. The molecule has 0 bridgehead atoms. The molecule has 10 heteroatoms. The number of carbonyl (C=O) groups is 1. The maximum Gasteiger partial charge on any atom is 0.259 e. The molecule has 0 aromatic carbocycles. The van der Waals surface area contributed by atoms with E-state index in [0.717, 1.165) is 32.8 Å². The highest BCUT2D eigenvalue weighted by Crippen LogP contribution is 2.27. The van der Waals surface area contributed by atoms with Crippen LogP contribution in [0.3, 0.4) is 0 Å². The van der Waals surface area contributed by atoms with E-state index in [0.29, 0.717) is 29.3 Å². The molecule has 3 N–H and O–H groups in total. The summed E-state index contributed by atoms with van der Waals surface area (Å²) in [5, 5.41) is 9.92. The Labute approximate surface area is 171 Å². The van der Waals surface area contributed by atoms with Crippen molar-refractivity contribution < 1.29 is 4.79 Å². The topological polar surface area (TPSA) is 120 Å². The molecule has 0 aliphatic rings. The second-order valence-electron chi connectivity index (χ2n) is 7.13. The van der Waals surface area contributed by atoms with Crippen LogP contribution in [0.25, 0.3) is 10.2 Å². The number of hydrogen-bond acceptors (Lipinski definition) is 7. The zero-order valence-electron chi connectivity index (χ0n) is 16.4. The van der Waals surface area contributed by atoms with E-state index in [4.69, 9.17) is 5.73 Å². The van der Waals surface area contributed by atoms with Crippen molar-refractivity contribution in [3.05, 3.63) is 32.4 Å². The number of amides is 1. The fourth-order valence-electron chi connectivity index (χ4n) is 2.89. The van der Waals surface area contributed by atoms with Crippen LogP contribution in [0.4, 0.5) is 0 Å². The standard InChI is InChI=1S/C18H24N6O2S2/c1-9(2)7-24-14(6-5-12(19)25)22-23-18(24)27-8-13-20-16(26)15-10(3)11(4)28-17(15)21-13/h9H,5-8H2,1-4H3,(H2,19,25)(H,20,21,26). The summed E-state index contributed by atoms with van der Waals surface area (Å²) in [7, 11) is 0. The van der Waals surface area contributed by atoms with Crippen molar-refractivity contribution >= 4 is 39.2 Å². The van der Waals surface area contributed by atoms with Gasteiger partial charge in [-0.2, -0.15) is 0 Å². The van der Waals surface area contributed by atoms with Crippen molar-refractivity contribution in [3.63, 3.8) is 0 Å². The molecule has 0 saturated heterocycles. The number of nitrogens with two attached hydrogens (primary N) is 1. The molecule has 0 fully saturated rings. The van der Waals surface area contributed by atoms with Gasteiger partial charge in [0.1, 0.15) is 16.5 Å². The Morgan fingerprint density at radius 3 is 2.75 bits per heavy atom. The third-order valence-corrected chi connectivity index (χ3v) is 6.44. The Bertz CT molecular complexity index is 1070. The minimum atomic E-state index is -0.357. The largest absolute Gasteiger partial charge is 0.370 e. The van der Waals surface area contributed by atoms with Gasteiger partial charge in [-0.1, -0.05) is 25.6 Å². The van der Waals surface area contributed by atoms with E-state index < -0.39 is 0 Å². The zero-order chi connectivity index (χ0) is 20.4. The van der Waals surface area contributed by atoms with Crippen molar-refractivity contribution in [2.45, 2.75) is 58.0 Å². The number of thiophene rings is 1. The number of aromatic nitrogens is 5. The SMILES string of the molecule is Cc1sc2nc(CSc3nnc(CCC(N)=O)n3CC(C)C)[nH]c(=O)c2c1C. The fraction of sp³-hybridized carbons (Fsp3) is 0.500. The first-order chi connectivity index (χ1) is 13.3. The summed E-state index contributed by atoms with van der Waals surface area (Å²) >= 11 is 3.01. The number of hydrogen-bond donors (Lipinski definition) is 2.